The third-order valence-electron chi connectivity index (χ3n) is 3.28. The van der Waals surface area contributed by atoms with Gasteiger partial charge in [-0.3, -0.25) is 9.78 Å². The molecule has 1 unspecified atom stereocenters. The topological polar surface area (TPSA) is 45.2 Å². The van der Waals surface area contributed by atoms with Crippen LogP contribution in [0.4, 0.5) is 0 Å². The van der Waals surface area contributed by atoms with E-state index in [2.05, 4.69) is 10.3 Å². The standard InChI is InChI=1S/C13H19N3O.2ClH/c1-10-4-3-6-15-12(10)13(17)16-7-5-11(9-16)8-14-2;;/h3-4,6,11,14H,5,7-9H2,1-2H3;2*1H. The normalized spacial score (nSPS) is 17.6. The fourth-order valence-electron chi connectivity index (χ4n) is 2.33. The smallest absolute Gasteiger partial charge is 0.272 e. The predicted octanol–water partition coefficient (Wildman–Crippen LogP) is 1.92. The molecule has 0 aromatic carbocycles. The molecule has 1 aromatic heterocycles. The number of carbonyl (C=O) groups is 1. The fraction of sp³-hybridized carbons (Fsp3) is 0.538. The van der Waals surface area contributed by atoms with E-state index in [4.69, 9.17) is 0 Å². The maximum Gasteiger partial charge on any atom is 0.272 e. The second-order valence-electron chi connectivity index (χ2n) is 4.63. The van der Waals surface area contributed by atoms with Crippen LogP contribution in [0.3, 0.4) is 0 Å². The van der Waals surface area contributed by atoms with E-state index >= 15 is 0 Å². The molecule has 2 rings (SSSR count). The highest BCUT2D eigenvalue weighted by Crippen LogP contribution is 2.18. The van der Waals surface area contributed by atoms with E-state index < -0.39 is 0 Å². The minimum atomic E-state index is 0. The minimum absolute atomic E-state index is 0. The van der Waals surface area contributed by atoms with Crippen molar-refractivity contribution in [3.8, 4) is 0 Å². The first-order valence-electron chi connectivity index (χ1n) is 6.08. The van der Waals surface area contributed by atoms with Crippen LogP contribution in [0.25, 0.3) is 0 Å². The Morgan fingerprint density at radius 2 is 2.26 bits per heavy atom. The zero-order valence-corrected chi connectivity index (χ0v) is 12.9. The molecule has 1 aliphatic rings. The van der Waals surface area contributed by atoms with E-state index in [-0.39, 0.29) is 30.7 Å². The number of carbonyl (C=O) groups excluding carboxylic acids is 1. The van der Waals surface area contributed by atoms with Gasteiger partial charge in [0.05, 0.1) is 0 Å². The van der Waals surface area contributed by atoms with Crippen molar-refractivity contribution in [1.29, 1.82) is 0 Å². The number of nitrogens with zero attached hydrogens (tertiary/aromatic N) is 2. The van der Waals surface area contributed by atoms with Gasteiger partial charge in [0.25, 0.3) is 5.91 Å². The van der Waals surface area contributed by atoms with Crippen molar-refractivity contribution in [2.45, 2.75) is 13.3 Å². The van der Waals surface area contributed by atoms with E-state index in [0.717, 1.165) is 31.6 Å². The molecule has 0 aliphatic carbocycles. The van der Waals surface area contributed by atoms with Crippen LogP contribution >= 0.6 is 24.8 Å². The fourth-order valence-corrected chi connectivity index (χ4v) is 2.33. The molecule has 0 bridgehead atoms. The number of halogens is 2. The summed E-state index contributed by atoms with van der Waals surface area (Å²) in [5.74, 6) is 0.648. The van der Waals surface area contributed by atoms with Crippen molar-refractivity contribution in [1.82, 2.24) is 15.2 Å². The maximum atomic E-state index is 12.3. The van der Waals surface area contributed by atoms with Gasteiger partial charge in [-0.05, 0) is 44.5 Å². The predicted molar refractivity (Wildman–Crippen MR) is 81.4 cm³/mol. The monoisotopic (exact) mass is 305 g/mol. The first-order chi connectivity index (χ1) is 8.22. The van der Waals surface area contributed by atoms with Gasteiger partial charge >= 0.3 is 0 Å². The van der Waals surface area contributed by atoms with E-state index in [9.17, 15) is 4.79 Å². The lowest BCUT2D eigenvalue weighted by Gasteiger charge is -2.17. The average molecular weight is 306 g/mol. The third kappa shape index (κ3) is 4.34. The summed E-state index contributed by atoms with van der Waals surface area (Å²) in [6.07, 6.45) is 2.76. The molecule has 1 N–H and O–H groups in total. The lowest BCUT2D eigenvalue weighted by Crippen LogP contribution is -2.31. The summed E-state index contributed by atoms with van der Waals surface area (Å²) in [5.41, 5.74) is 1.55. The molecule has 4 nitrogen and oxygen atoms in total. The van der Waals surface area contributed by atoms with Crippen LogP contribution in [0.15, 0.2) is 18.3 Å². The van der Waals surface area contributed by atoms with Crippen molar-refractivity contribution >= 4 is 30.7 Å². The summed E-state index contributed by atoms with van der Waals surface area (Å²) < 4.78 is 0. The van der Waals surface area contributed by atoms with Gasteiger partial charge < -0.3 is 10.2 Å². The van der Waals surface area contributed by atoms with Crippen molar-refractivity contribution in [2.75, 3.05) is 26.7 Å². The second kappa shape index (κ2) is 8.35. The number of amides is 1. The van der Waals surface area contributed by atoms with E-state index in [1.165, 1.54) is 0 Å². The Morgan fingerprint density at radius 3 is 2.89 bits per heavy atom. The van der Waals surface area contributed by atoms with Crippen molar-refractivity contribution in [3.63, 3.8) is 0 Å². The summed E-state index contributed by atoms with van der Waals surface area (Å²) in [6.45, 7) is 4.60. The molecule has 0 radical (unpaired) electrons. The molecule has 1 atom stereocenters. The molecule has 19 heavy (non-hydrogen) atoms. The van der Waals surface area contributed by atoms with Crippen LogP contribution in [0.5, 0.6) is 0 Å². The number of pyridine rings is 1. The Balaban J connectivity index is 0.00000162. The molecule has 2 heterocycles. The molecule has 0 saturated carbocycles. The lowest BCUT2D eigenvalue weighted by atomic mass is 10.1. The highest BCUT2D eigenvalue weighted by atomic mass is 35.5. The second-order valence-corrected chi connectivity index (χ2v) is 4.63. The minimum Gasteiger partial charge on any atom is -0.337 e. The molecule has 108 valence electrons. The Kier molecular flexibility index (Phi) is 7.99. The van der Waals surface area contributed by atoms with Gasteiger partial charge in [0.2, 0.25) is 0 Å². The highest BCUT2D eigenvalue weighted by molar-refractivity contribution is 5.93. The molecule has 1 aliphatic heterocycles. The van der Waals surface area contributed by atoms with Gasteiger partial charge in [0.15, 0.2) is 0 Å². The van der Waals surface area contributed by atoms with Crippen LogP contribution in [0.1, 0.15) is 22.5 Å². The average Bonchev–Trinajstić information content (AvgIpc) is 2.78. The molecule has 0 spiro atoms. The SMILES string of the molecule is CNCC1CCN(C(=O)c2ncccc2C)C1.Cl.Cl. The highest BCUT2D eigenvalue weighted by Gasteiger charge is 2.27. The van der Waals surface area contributed by atoms with Gasteiger partial charge in [-0.25, -0.2) is 0 Å². The van der Waals surface area contributed by atoms with Gasteiger partial charge in [-0.2, -0.15) is 0 Å². The molecular weight excluding hydrogens is 285 g/mol. The lowest BCUT2D eigenvalue weighted by molar-refractivity contribution is 0.0780. The summed E-state index contributed by atoms with van der Waals surface area (Å²) in [5, 5.41) is 3.17. The van der Waals surface area contributed by atoms with Gasteiger partial charge in [-0.15, -0.1) is 24.8 Å². The van der Waals surface area contributed by atoms with Gasteiger partial charge in [0, 0.05) is 19.3 Å². The van der Waals surface area contributed by atoms with Crippen molar-refractivity contribution in [3.05, 3.63) is 29.6 Å². The summed E-state index contributed by atoms with van der Waals surface area (Å²) in [4.78, 5) is 18.4. The van der Waals surface area contributed by atoms with E-state index in [0.29, 0.717) is 11.6 Å². The number of rotatable bonds is 3. The zero-order valence-electron chi connectivity index (χ0n) is 11.3. The zero-order chi connectivity index (χ0) is 12.3. The third-order valence-corrected chi connectivity index (χ3v) is 3.28. The van der Waals surface area contributed by atoms with Gasteiger partial charge in [0.1, 0.15) is 5.69 Å². The molecule has 6 heteroatoms. The quantitative estimate of drug-likeness (QED) is 0.928. The molecular formula is C13H21Cl2N3O. The summed E-state index contributed by atoms with van der Waals surface area (Å²) in [6, 6.07) is 3.79. The number of hydrogen-bond acceptors (Lipinski definition) is 3. The maximum absolute atomic E-state index is 12.3. The Labute approximate surface area is 126 Å². The molecule has 1 aromatic rings. The number of aryl methyl sites for hydroxylation is 1. The number of nitrogens with one attached hydrogen (secondary N) is 1. The van der Waals surface area contributed by atoms with Crippen LogP contribution in [-0.4, -0.2) is 42.5 Å². The molecule has 1 amide bonds. The number of hydrogen-bond donors (Lipinski definition) is 1. The van der Waals surface area contributed by atoms with Crippen molar-refractivity contribution in [2.24, 2.45) is 5.92 Å². The van der Waals surface area contributed by atoms with Crippen LogP contribution in [0, 0.1) is 12.8 Å². The van der Waals surface area contributed by atoms with Crippen LogP contribution < -0.4 is 5.32 Å². The van der Waals surface area contributed by atoms with E-state index in [1.807, 2.05) is 31.0 Å². The molecule has 1 saturated heterocycles. The summed E-state index contributed by atoms with van der Waals surface area (Å²) >= 11 is 0. The Bertz CT molecular complexity index is 415. The Hall–Kier alpha value is -0.840. The Morgan fingerprint density at radius 1 is 1.53 bits per heavy atom. The van der Waals surface area contributed by atoms with Crippen LogP contribution in [-0.2, 0) is 0 Å². The largest absolute Gasteiger partial charge is 0.337 e. The first-order valence-corrected chi connectivity index (χ1v) is 6.08. The van der Waals surface area contributed by atoms with Crippen LogP contribution in [0.2, 0.25) is 0 Å². The van der Waals surface area contributed by atoms with Crippen molar-refractivity contribution < 1.29 is 4.79 Å². The number of likely N-dealkylation sites (tertiary alicyclic amines) is 1. The number of aromatic nitrogens is 1. The van der Waals surface area contributed by atoms with Gasteiger partial charge in [-0.1, -0.05) is 6.07 Å². The first kappa shape index (κ1) is 18.2. The summed E-state index contributed by atoms with van der Waals surface area (Å²) in [7, 11) is 1.95. The van der Waals surface area contributed by atoms with E-state index in [1.54, 1.807) is 6.20 Å². The molecule has 1 fully saturated rings.